The van der Waals surface area contributed by atoms with Crippen LogP contribution < -0.4 is 0 Å². The zero-order chi connectivity index (χ0) is 12.5. The molecule has 1 aliphatic carbocycles. The van der Waals surface area contributed by atoms with Crippen molar-refractivity contribution < 1.29 is 9.90 Å². The van der Waals surface area contributed by atoms with Gasteiger partial charge in [0.1, 0.15) is 0 Å². The number of aromatic nitrogens is 4. The Labute approximate surface area is 105 Å². The van der Waals surface area contributed by atoms with Crippen molar-refractivity contribution in [3.63, 3.8) is 0 Å². The molecule has 1 saturated carbocycles. The van der Waals surface area contributed by atoms with Crippen molar-refractivity contribution in [2.24, 2.45) is 0 Å². The first kappa shape index (κ1) is 11.6. The largest absolute Gasteiger partial charge is 0.481 e. The first-order chi connectivity index (χ1) is 8.74. The maximum absolute atomic E-state index is 10.8. The Hall–Kier alpha value is -1.50. The van der Waals surface area contributed by atoms with Crippen LogP contribution in [0.25, 0.3) is 0 Å². The van der Waals surface area contributed by atoms with Gasteiger partial charge in [-0.15, -0.1) is 5.10 Å². The van der Waals surface area contributed by atoms with Crippen LogP contribution in [-0.2, 0) is 11.3 Å². The van der Waals surface area contributed by atoms with E-state index in [0.717, 1.165) is 38.1 Å². The Kier molecular flexibility index (Phi) is 2.99. The lowest BCUT2D eigenvalue weighted by atomic mass is 10.1. The summed E-state index contributed by atoms with van der Waals surface area (Å²) in [5.74, 6) is 0.142. The molecule has 1 aliphatic heterocycles. The summed E-state index contributed by atoms with van der Waals surface area (Å²) in [6, 6.07) is 0.599. The lowest BCUT2D eigenvalue weighted by Crippen LogP contribution is -2.32. The molecule has 7 nitrogen and oxygen atoms in total. The van der Waals surface area contributed by atoms with Gasteiger partial charge in [0.25, 0.3) is 0 Å². The number of carboxylic acids is 1. The minimum Gasteiger partial charge on any atom is -0.481 e. The van der Waals surface area contributed by atoms with E-state index in [2.05, 4.69) is 20.4 Å². The topological polar surface area (TPSA) is 84.1 Å². The van der Waals surface area contributed by atoms with E-state index in [-0.39, 0.29) is 12.5 Å². The fraction of sp³-hybridized carbons (Fsp3) is 0.818. The number of hydrogen-bond acceptors (Lipinski definition) is 5. The van der Waals surface area contributed by atoms with Crippen molar-refractivity contribution >= 4 is 5.97 Å². The standard InChI is InChI=1S/C11H17N5O2/c17-11(18)6-9-2-1-5-15(9)7-10-12-13-14-16(10)8-3-4-8/h8-9H,1-7H2,(H,17,18). The third-order valence-electron chi connectivity index (χ3n) is 3.71. The van der Waals surface area contributed by atoms with Gasteiger partial charge in [-0.2, -0.15) is 0 Å². The molecule has 2 fully saturated rings. The fourth-order valence-corrected chi connectivity index (χ4v) is 2.64. The fourth-order valence-electron chi connectivity index (χ4n) is 2.64. The molecular weight excluding hydrogens is 234 g/mol. The minimum absolute atomic E-state index is 0.131. The summed E-state index contributed by atoms with van der Waals surface area (Å²) >= 11 is 0. The monoisotopic (exact) mass is 251 g/mol. The summed E-state index contributed by atoms with van der Waals surface area (Å²) in [6.45, 7) is 1.61. The van der Waals surface area contributed by atoms with Crippen molar-refractivity contribution in [3.8, 4) is 0 Å². The summed E-state index contributed by atoms with van der Waals surface area (Å²) in [6.07, 6.45) is 4.53. The summed E-state index contributed by atoms with van der Waals surface area (Å²) in [5, 5.41) is 20.7. The van der Waals surface area contributed by atoms with Gasteiger partial charge in [-0.1, -0.05) is 0 Å². The number of likely N-dealkylation sites (tertiary alicyclic amines) is 1. The Morgan fingerprint density at radius 3 is 2.94 bits per heavy atom. The number of carbonyl (C=O) groups is 1. The van der Waals surface area contributed by atoms with Gasteiger partial charge in [-0.05, 0) is 42.7 Å². The number of rotatable bonds is 5. The van der Waals surface area contributed by atoms with E-state index < -0.39 is 5.97 Å². The lowest BCUT2D eigenvalue weighted by molar-refractivity contribution is -0.138. The van der Waals surface area contributed by atoms with Gasteiger partial charge in [-0.25, -0.2) is 4.68 Å². The van der Waals surface area contributed by atoms with E-state index in [4.69, 9.17) is 5.11 Å². The van der Waals surface area contributed by atoms with Crippen LogP contribution in [0.1, 0.15) is 44.0 Å². The van der Waals surface area contributed by atoms with Crippen LogP contribution in [0.15, 0.2) is 0 Å². The third kappa shape index (κ3) is 2.35. The molecule has 98 valence electrons. The second-order valence-electron chi connectivity index (χ2n) is 5.14. The molecule has 0 amide bonds. The normalized spacial score (nSPS) is 24.6. The molecule has 0 radical (unpaired) electrons. The summed E-state index contributed by atoms with van der Waals surface area (Å²) in [7, 11) is 0. The van der Waals surface area contributed by atoms with Crippen LogP contribution in [0.5, 0.6) is 0 Å². The predicted molar refractivity (Wildman–Crippen MR) is 61.8 cm³/mol. The van der Waals surface area contributed by atoms with E-state index in [1.54, 1.807) is 0 Å². The van der Waals surface area contributed by atoms with Gasteiger partial charge >= 0.3 is 5.97 Å². The van der Waals surface area contributed by atoms with Crippen LogP contribution in [-0.4, -0.2) is 48.8 Å². The summed E-state index contributed by atoms with van der Waals surface area (Å²) in [5.41, 5.74) is 0. The highest BCUT2D eigenvalue weighted by Crippen LogP contribution is 2.35. The first-order valence-corrected chi connectivity index (χ1v) is 6.46. The molecule has 0 aromatic carbocycles. The van der Waals surface area contributed by atoms with Crippen molar-refractivity contribution in [3.05, 3.63) is 5.82 Å². The molecule has 2 aliphatic rings. The molecule has 2 heterocycles. The lowest BCUT2D eigenvalue weighted by Gasteiger charge is -2.22. The van der Waals surface area contributed by atoms with Gasteiger partial charge in [0.05, 0.1) is 19.0 Å². The second-order valence-corrected chi connectivity index (χ2v) is 5.14. The van der Waals surface area contributed by atoms with E-state index in [1.165, 1.54) is 0 Å². The number of hydrogen-bond donors (Lipinski definition) is 1. The van der Waals surface area contributed by atoms with Crippen molar-refractivity contribution in [1.29, 1.82) is 0 Å². The van der Waals surface area contributed by atoms with E-state index in [1.807, 2.05) is 4.68 Å². The highest BCUT2D eigenvalue weighted by atomic mass is 16.4. The van der Waals surface area contributed by atoms with Gasteiger partial charge in [0.2, 0.25) is 0 Å². The number of tetrazole rings is 1. The molecule has 1 saturated heterocycles. The molecule has 0 spiro atoms. The SMILES string of the molecule is O=C(O)CC1CCCN1Cc1nnnn1C1CC1. The number of carboxylic acid groups (broad SMARTS) is 1. The number of nitrogens with zero attached hydrogens (tertiary/aromatic N) is 5. The minimum atomic E-state index is -0.728. The molecule has 1 atom stereocenters. The highest BCUT2D eigenvalue weighted by molar-refractivity contribution is 5.67. The summed E-state index contributed by atoms with van der Waals surface area (Å²) < 4.78 is 1.90. The number of aliphatic carboxylic acids is 1. The molecule has 0 bridgehead atoms. The summed E-state index contributed by atoms with van der Waals surface area (Å²) in [4.78, 5) is 13.0. The molecule has 1 aromatic rings. The molecule has 7 heteroatoms. The predicted octanol–water partition coefficient (Wildman–Crippen LogP) is 0.447. The van der Waals surface area contributed by atoms with Gasteiger partial charge < -0.3 is 5.11 Å². The van der Waals surface area contributed by atoms with Crippen LogP contribution in [0, 0.1) is 0 Å². The van der Waals surface area contributed by atoms with Crippen LogP contribution >= 0.6 is 0 Å². The van der Waals surface area contributed by atoms with Gasteiger partial charge in [-0.3, -0.25) is 9.69 Å². The van der Waals surface area contributed by atoms with Crippen LogP contribution in [0.2, 0.25) is 0 Å². The molecule has 1 aromatic heterocycles. The quantitative estimate of drug-likeness (QED) is 0.817. The zero-order valence-corrected chi connectivity index (χ0v) is 10.2. The van der Waals surface area contributed by atoms with Crippen LogP contribution in [0.3, 0.4) is 0 Å². The van der Waals surface area contributed by atoms with Gasteiger partial charge in [0.15, 0.2) is 5.82 Å². The molecular formula is C11H17N5O2. The van der Waals surface area contributed by atoms with E-state index in [0.29, 0.717) is 12.6 Å². The van der Waals surface area contributed by atoms with Crippen molar-refractivity contribution in [1.82, 2.24) is 25.1 Å². The Bertz CT molecular complexity index is 442. The highest BCUT2D eigenvalue weighted by Gasteiger charge is 2.31. The van der Waals surface area contributed by atoms with E-state index in [9.17, 15) is 4.79 Å². The molecule has 3 rings (SSSR count). The molecule has 1 unspecified atom stereocenters. The van der Waals surface area contributed by atoms with Crippen molar-refractivity contribution in [2.75, 3.05) is 6.54 Å². The maximum atomic E-state index is 10.8. The Morgan fingerprint density at radius 1 is 1.39 bits per heavy atom. The van der Waals surface area contributed by atoms with Crippen molar-refractivity contribution in [2.45, 2.75) is 50.7 Å². The Balaban J connectivity index is 1.67. The smallest absolute Gasteiger partial charge is 0.304 e. The second kappa shape index (κ2) is 4.64. The van der Waals surface area contributed by atoms with E-state index >= 15 is 0 Å². The Morgan fingerprint density at radius 2 is 2.22 bits per heavy atom. The third-order valence-corrected chi connectivity index (χ3v) is 3.71. The van der Waals surface area contributed by atoms with Crippen LogP contribution in [0.4, 0.5) is 0 Å². The zero-order valence-electron chi connectivity index (χ0n) is 10.2. The molecule has 1 N–H and O–H groups in total. The average Bonchev–Trinajstić information content (AvgIpc) is 2.92. The first-order valence-electron chi connectivity index (χ1n) is 6.46. The van der Waals surface area contributed by atoms with Gasteiger partial charge in [0, 0.05) is 6.04 Å². The average molecular weight is 251 g/mol. The molecule has 18 heavy (non-hydrogen) atoms. The maximum Gasteiger partial charge on any atom is 0.304 e.